The molecular weight excluding hydrogens is 313 g/mol. The minimum atomic E-state index is -1.31. The van der Waals surface area contributed by atoms with Crippen molar-refractivity contribution in [3.05, 3.63) is 0 Å². The van der Waals surface area contributed by atoms with Crippen molar-refractivity contribution >= 4 is 17.8 Å². The molecule has 9 heteroatoms. The van der Waals surface area contributed by atoms with Crippen LogP contribution in [0.15, 0.2) is 0 Å². The summed E-state index contributed by atoms with van der Waals surface area (Å²) in [5, 5.41) is 15.9. The van der Waals surface area contributed by atoms with Gasteiger partial charge in [0.05, 0.1) is 25.2 Å². The SMILES string of the molecule is CC(C)C[C@H](NC(=O)[C@H]1N[C@@H]1C(=O)[O-])C(=O)N1CCOCC1.[Na+]. The molecule has 2 fully saturated rings. The van der Waals surface area contributed by atoms with E-state index in [2.05, 4.69) is 10.6 Å². The molecule has 124 valence electrons. The molecule has 0 saturated carbocycles. The largest absolute Gasteiger partial charge is 1.00 e. The molecule has 0 spiro atoms. The number of morpholine rings is 1. The number of carboxylic acids is 1. The van der Waals surface area contributed by atoms with Crippen molar-refractivity contribution < 1.29 is 53.8 Å². The van der Waals surface area contributed by atoms with Crippen molar-refractivity contribution in [2.75, 3.05) is 26.3 Å². The molecule has 2 aliphatic heterocycles. The molecule has 0 aromatic rings. The van der Waals surface area contributed by atoms with E-state index in [-0.39, 0.29) is 41.4 Å². The van der Waals surface area contributed by atoms with E-state index in [1.807, 2.05) is 13.8 Å². The summed E-state index contributed by atoms with van der Waals surface area (Å²) in [6.45, 7) is 5.92. The normalized spacial score (nSPS) is 24.6. The van der Waals surface area contributed by atoms with Crippen LogP contribution in [0.25, 0.3) is 0 Å². The second-order valence-corrected chi connectivity index (χ2v) is 6.07. The molecule has 2 N–H and O–H groups in total. The van der Waals surface area contributed by atoms with E-state index in [0.29, 0.717) is 32.7 Å². The molecule has 8 nitrogen and oxygen atoms in total. The van der Waals surface area contributed by atoms with Crippen LogP contribution in [-0.4, -0.2) is 67.1 Å². The molecule has 0 bridgehead atoms. The van der Waals surface area contributed by atoms with E-state index in [1.54, 1.807) is 4.90 Å². The quantitative estimate of drug-likeness (QED) is 0.369. The Morgan fingerprint density at radius 1 is 1.26 bits per heavy atom. The van der Waals surface area contributed by atoms with E-state index in [4.69, 9.17) is 4.74 Å². The molecule has 0 aliphatic carbocycles. The van der Waals surface area contributed by atoms with Gasteiger partial charge in [-0.25, -0.2) is 0 Å². The first kappa shape index (κ1) is 20.4. The topological polar surface area (TPSA) is 121 Å². The summed E-state index contributed by atoms with van der Waals surface area (Å²) >= 11 is 0. The molecule has 0 aromatic heterocycles. The predicted octanol–water partition coefficient (Wildman–Crippen LogP) is -5.53. The fraction of sp³-hybridized carbons (Fsp3) is 0.786. The van der Waals surface area contributed by atoms with Crippen LogP contribution in [0.2, 0.25) is 0 Å². The van der Waals surface area contributed by atoms with E-state index in [1.165, 1.54) is 0 Å². The number of carboxylic acid groups (broad SMARTS) is 1. The zero-order chi connectivity index (χ0) is 16.3. The van der Waals surface area contributed by atoms with Crippen molar-refractivity contribution in [3.63, 3.8) is 0 Å². The van der Waals surface area contributed by atoms with Gasteiger partial charge in [0.15, 0.2) is 0 Å². The first-order valence-electron chi connectivity index (χ1n) is 7.54. The molecule has 2 rings (SSSR count). The van der Waals surface area contributed by atoms with Gasteiger partial charge in [-0.2, -0.15) is 0 Å². The van der Waals surface area contributed by atoms with Gasteiger partial charge in [-0.1, -0.05) is 13.8 Å². The molecule has 2 aliphatic rings. The number of ether oxygens (including phenoxy) is 1. The smallest absolute Gasteiger partial charge is 0.548 e. The summed E-state index contributed by atoms with van der Waals surface area (Å²) in [5.41, 5.74) is 0. The summed E-state index contributed by atoms with van der Waals surface area (Å²) in [5.74, 6) is -1.70. The number of hydrogen-bond donors (Lipinski definition) is 2. The first-order chi connectivity index (χ1) is 10.4. The monoisotopic (exact) mass is 335 g/mol. The number of hydrogen-bond acceptors (Lipinski definition) is 6. The van der Waals surface area contributed by atoms with Gasteiger partial charge in [0.25, 0.3) is 0 Å². The second kappa shape index (κ2) is 8.98. The zero-order valence-corrected chi connectivity index (χ0v) is 15.8. The Hall–Kier alpha value is -0.670. The van der Waals surface area contributed by atoms with Gasteiger partial charge < -0.3 is 24.9 Å². The van der Waals surface area contributed by atoms with Crippen molar-refractivity contribution in [2.24, 2.45) is 5.92 Å². The number of nitrogens with zero attached hydrogens (tertiary/aromatic N) is 1. The van der Waals surface area contributed by atoms with Crippen molar-refractivity contribution in [2.45, 2.75) is 38.4 Å². The van der Waals surface area contributed by atoms with E-state index >= 15 is 0 Å². The van der Waals surface area contributed by atoms with E-state index in [0.717, 1.165) is 0 Å². The van der Waals surface area contributed by atoms with Gasteiger partial charge >= 0.3 is 29.6 Å². The third-order valence-corrected chi connectivity index (χ3v) is 3.76. The Morgan fingerprint density at radius 2 is 1.87 bits per heavy atom. The maximum absolute atomic E-state index is 12.5. The summed E-state index contributed by atoms with van der Waals surface area (Å²) in [4.78, 5) is 36.9. The maximum atomic E-state index is 12.5. The Kier molecular flexibility index (Phi) is 7.96. The molecule has 2 heterocycles. The van der Waals surface area contributed by atoms with Gasteiger partial charge in [-0.05, 0) is 12.3 Å². The molecule has 23 heavy (non-hydrogen) atoms. The van der Waals surface area contributed by atoms with Crippen molar-refractivity contribution in [3.8, 4) is 0 Å². The summed E-state index contributed by atoms with van der Waals surface area (Å²) in [7, 11) is 0. The van der Waals surface area contributed by atoms with Gasteiger partial charge in [-0.15, -0.1) is 0 Å². The minimum absolute atomic E-state index is 0. The Bertz CT molecular complexity index is 454. The number of amides is 2. The Morgan fingerprint density at radius 3 is 2.35 bits per heavy atom. The molecule has 0 radical (unpaired) electrons. The van der Waals surface area contributed by atoms with Gasteiger partial charge in [0, 0.05) is 13.1 Å². The molecule has 2 saturated heterocycles. The van der Waals surface area contributed by atoms with Crippen LogP contribution in [0.5, 0.6) is 0 Å². The fourth-order valence-corrected chi connectivity index (χ4v) is 2.53. The molecule has 0 unspecified atom stereocenters. The van der Waals surface area contributed by atoms with E-state index in [9.17, 15) is 19.5 Å². The minimum Gasteiger partial charge on any atom is -0.548 e. The zero-order valence-electron chi connectivity index (χ0n) is 13.8. The van der Waals surface area contributed by atoms with Crippen LogP contribution >= 0.6 is 0 Å². The average Bonchev–Trinajstić information content (AvgIpc) is 3.27. The Balaban J connectivity index is 0.00000264. The first-order valence-corrected chi connectivity index (χ1v) is 7.54. The number of nitrogens with one attached hydrogen (secondary N) is 2. The summed E-state index contributed by atoms with van der Waals surface area (Å²) in [6, 6.07) is -2.41. The van der Waals surface area contributed by atoms with Crippen LogP contribution in [-0.2, 0) is 19.1 Å². The maximum Gasteiger partial charge on any atom is 1.00 e. The van der Waals surface area contributed by atoms with Gasteiger partial charge in [0.1, 0.15) is 12.1 Å². The van der Waals surface area contributed by atoms with Gasteiger partial charge in [-0.3, -0.25) is 14.9 Å². The average molecular weight is 335 g/mol. The predicted molar refractivity (Wildman–Crippen MR) is 74.5 cm³/mol. The third kappa shape index (κ3) is 5.72. The fourth-order valence-electron chi connectivity index (χ4n) is 2.53. The van der Waals surface area contributed by atoms with Crippen molar-refractivity contribution in [1.29, 1.82) is 0 Å². The second-order valence-electron chi connectivity index (χ2n) is 6.07. The van der Waals surface area contributed by atoms with Crippen LogP contribution in [0.4, 0.5) is 0 Å². The van der Waals surface area contributed by atoms with Crippen LogP contribution in [0.1, 0.15) is 20.3 Å². The summed E-state index contributed by atoms with van der Waals surface area (Å²) in [6.07, 6.45) is 0.505. The van der Waals surface area contributed by atoms with Crippen LogP contribution in [0, 0.1) is 5.92 Å². The number of rotatable bonds is 6. The molecule has 2 amide bonds. The molecule has 0 aromatic carbocycles. The molecule has 3 atom stereocenters. The number of carbonyl (C=O) groups excluding carboxylic acids is 3. The van der Waals surface area contributed by atoms with E-state index < -0.39 is 30.0 Å². The summed E-state index contributed by atoms with van der Waals surface area (Å²) < 4.78 is 5.22. The molecular formula is C14H22N3NaO5. The van der Waals surface area contributed by atoms with Crippen LogP contribution < -0.4 is 45.3 Å². The number of aliphatic carboxylic acids is 1. The van der Waals surface area contributed by atoms with Gasteiger partial charge in [0.2, 0.25) is 11.8 Å². The van der Waals surface area contributed by atoms with Crippen molar-refractivity contribution in [1.82, 2.24) is 15.5 Å². The van der Waals surface area contributed by atoms with Crippen LogP contribution in [0.3, 0.4) is 0 Å². The Labute approximate surface area is 157 Å². The number of carbonyl (C=O) groups is 3. The standard InChI is InChI=1S/C14H23N3O5.Na/c1-8(2)7-9(13(19)17-3-5-22-6-4-17)15-12(18)10-11(16-10)14(20)21;/h8-11,16H,3-7H2,1-2H3,(H,15,18)(H,20,21);/q;+1/p-1/t9-,10-,11-;/m0./s1. The third-order valence-electron chi connectivity index (χ3n) is 3.76.